The third-order valence-electron chi connectivity index (χ3n) is 7.73. The second-order valence-corrected chi connectivity index (χ2v) is 9.86. The molecule has 1 N–H and O–H groups in total. The number of hydrogen-bond donors (Lipinski definition) is 1. The van der Waals surface area contributed by atoms with E-state index in [0.717, 1.165) is 56.9 Å². The number of halogens is 3. The van der Waals surface area contributed by atoms with Crippen molar-refractivity contribution in [3.8, 4) is 5.75 Å². The van der Waals surface area contributed by atoms with Crippen LogP contribution in [0.4, 0.5) is 13.2 Å². The summed E-state index contributed by atoms with van der Waals surface area (Å²) in [6.07, 6.45) is 10.5. The van der Waals surface area contributed by atoms with Crippen molar-refractivity contribution in [1.82, 2.24) is 0 Å². The van der Waals surface area contributed by atoms with E-state index in [9.17, 15) is 18.3 Å². The van der Waals surface area contributed by atoms with Crippen molar-refractivity contribution < 1.29 is 23.0 Å². The maximum atomic E-state index is 14.8. The van der Waals surface area contributed by atoms with Gasteiger partial charge in [-0.3, -0.25) is 0 Å². The Morgan fingerprint density at radius 2 is 1.50 bits per heavy atom. The highest BCUT2D eigenvalue weighted by atomic mass is 19.2. The summed E-state index contributed by atoms with van der Waals surface area (Å²) < 4.78 is 49.6. The predicted octanol–water partition coefficient (Wildman–Crippen LogP) is 7.76. The molecule has 0 aromatic heterocycles. The molecule has 184 valence electrons. The van der Waals surface area contributed by atoms with Gasteiger partial charge in [0.05, 0.1) is 6.61 Å². The molecule has 2 aromatic rings. The van der Waals surface area contributed by atoms with Crippen LogP contribution in [0.5, 0.6) is 5.75 Å². The second-order valence-electron chi connectivity index (χ2n) is 9.86. The standard InChI is InChI=1S/C29H35F3O2/c1-2-34-24-14-16-25(27(30)17-24)21-8-3-19(4-9-21)5-12-23-13-15-26(29(32)28(23)31)22-10-6-20(18-33)7-11-22/h5,12-17,19-22,33H,2-4,6-11,18H2,1H3. The van der Waals surface area contributed by atoms with E-state index in [1.165, 1.54) is 6.07 Å². The van der Waals surface area contributed by atoms with Crippen LogP contribution in [0.2, 0.25) is 0 Å². The first-order chi connectivity index (χ1) is 16.5. The minimum Gasteiger partial charge on any atom is -0.494 e. The van der Waals surface area contributed by atoms with E-state index in [1.807, 2.05) is 25.1 Å². The molecule has 34 heavy (non-hydrogen) atoms. The van der Waals surface area contributed by atoms with Crippen LogP contribution < -0.4 is 4.74 Å². The lowest BCUT2D eigenvalue weighted by molar-refractivity contribution is 0.181. The molecule has 2 aliphatic rings. The van der Waals surface area contributed by atoms with Crippen LogP contribution in [0.3, 0.4) is 0 Å². The van der Waals surface area contributed by atoms with E-state index in [4.69, 9.17) is 4.74 Å². The molecular weight excluding hydrogens is 437 g/mol. The Labute approximate surface area is 200 Å². The van der Waals surface area contributed by atoms with E-state index in [1.54, 1.807) is 18.2 Å². The van der Waals surface area contributed by atoms with Gasteiger partial charge in [-0.1, -0.05) is 30.4 Å². The quantitative estimate of drug-likeness (QED) is 0.446. The number of rotatable bonds is 7. The molecule has 5 heteroatoms. The van der Waals surface area contributed by atoms with E-state index in [2.05, 4.69) is 0 Å². The van der Waals surface area contributed by atoms with Gasteiger partial charge in [0.15, 0.2) is 11.6 Å². The summed E-state index contributed by atoms with van der Waals surface area (Å²) in [6, 6.07) is 8.53. The Hall–Kier alpha value is -2.27. The van der Waals surface area contributed by atoms with Crippen LogP contribution in [0.15, 0.2) is 36.4 Å². The van der Waals surface area contributed by atoms with Crippen molar-refractivity contribution in [2.75, 3.05) is 13.2 Å². The van der Waals surface area contributed by atoms with Crippen molar-refractivity contribution in [2.45, 2.75) is 70.1 Å². The van der Waals surface area contributed by atoms with Gasteiger partial charge in [0.2, 0.25) is 0 Å². The number of benzene rings is 2. The Kier molecular flexibility index (Phi) is 8.36. The summed E-state index contributed by atoms with van der Waals surface area (Å²) in [5, 5.41) is 9.30. The third kappa shape index (κ3) is 5.68. The monoisotopic (exact) mass is 472 g/mol. The SMILES string of the molecule is CCOc1ccc(C2CCC(C=Cc3ccc(C4CCC(CO)CC4)c(F)c3F)CC2)c(F)c1. The normalized spacial score (nSPS) is 25.6. The molecular formula is C29H35F3O2. The first-order valence-corrected chi connectivity index (χ1v) is 12.7. The molecule has 0 unspecified atom stereocenters. The van der Waals surface area contributed by atoms with E-state index < -0.39 is 11.6 Å². The summed E-state index contributed by atoms with van der Waals surface area (Å²) in [5.41, 5.74) is 1.48. The average Bonchev–Trinajstić information content (AvgIpc) is 2.86. The molecule has 2 saturated carbocycles. The highest BCUT2D eigenvalue weighted by Gasteiger charge is 2.26. The minimum absolute atomic E-state index is 0.0219. The Morgan fingerprint density at radius 1 is 0.853 bits per heavy atom. The molecule has 0 spiro atoms. The molecule has 0 saturated heterocycles. The van der Waals surface area contributed by atoms with Gasteiger partial charge in [-0.25, -0.2) is 13.2 Å². The highest BCUT2D eigenvalue weighted by molar-refractivity contribution is 5.52. The summed E-state index contributed by atoms with van der Waals surface area (Å²) in [5.74, 6) is -0.410. The van der Waals surface area contributed by atoms with Gasteiger partial charge in [0, 0.05) is 18.2 Å². The van der Waals surface area contributed by atoms with Crippen molar-refractivity contribution in [3.05, 3.63) is 70.5 Å². The van der Waals surface area contributed by atoms with Gasteiger partial charge in [-0.15, -0.1) is 0 Å². The molecule has 0 heterocycles. The summed E-state index contributed by atoms with van der Waals surface area (Å²) in [4.78, 5) is 0. The average molecular weight is 473 g/mol. The van der Waals surface area contributed by atoms with E-state index in [-0.39, 0.29) is 41.7 Å². The van der Waals surface area contributed by atoms with E-state index >= 15 is 0 Å². The first-order valence-electron chi connectivity index (χ1n) is 12.7. The van der Waals surface area contributed by atoms with Crippen molar-refractivity contribution in [1.29, 1.82) is 0 Å². The third-order valence-corrected chi connectivity index (χ3v) is 7.73. The van der Waals surface area contributed by atoms with Gasteiger partial charge in [-0.2, -0.15) is 0 Å². The molecule has 2 nitrogen and oxygen atoms in total. The maximum absolute atomic E-state index is 14.8. The topological polar surface area (TPSA) is 29.5 Å². The Bertz CT molecular complexity index is 987. The molecule has 0 aliphatic heterocycles. The minimum atomic E-state index is -0.775. The fourth-order valence-corrected chi connectivity index (χ4v) is 5.64. The van der Waals surface area contributed by atoms with Crippen molar-refractivity contribution in [2.24, 2.45) is 11.8 Å². The first kappa shape index (κ1) is 24.8. The predicted molar refractivity (Wildman–Crippen MR) is 129 cm³/mol. The van der Waals surface area contributed by atoms with Gasteiger partial charge >= 0.3 is 0 Å². The molecule has 4 rings (SSSR count). The van der Waals surface area contributed by atoms with Crippen LogP contribution in [-0.4, -0.2) is 18.3 Å². The van der Waals surface area contributed by atoms with E-state index in [0.29, 0.717) is 17.9 Å². The fraction of sp³-hybridized carbons (Fsp3) is 0.517. The van der Waals surface area contributed by atoms with Crippen LogP contribution in [0, 0.1) is 29.3 Å². The lowest BCUT2D eigenvalue weighted by Gasteiger charge is -2.28. The summed E-state index contributed by atoms with van der Waals surface area (Å²) in [7, 11) is 0. The Balaban J connectivity index is 1.35. The number of aliphatic hydroxyl groups excluding tert-OH is 1. The molecule has 0 atom stereocenters. The number of allylic oxidation sites excluding steroid dienone is 1. The van der Waals surface area contributed by atoms with Crippen molar-refractivity contribution in [3.63, 3.8) is 0 Å². The number of aliphatic hydroxyl groups is 1. The fourth-order valence-electron chi connectivity index (χ4n) is 5.64. The molecule has 2 aromatic carbocycles. The smallest absolute Gasteiger partial charge is 0.166 e. The number of ether oxygens (including phenoxy) is 1. The second kappa shape index (κ2) is 11.4. The zero-order chi connectivity index (χ0) is 24.1. The lowest BCUT2D eigenvalue weighted by atomic mass is 9.78. The highest BCUT2D eigenvalue weighted by Crippen LogP contribution is 2.39. The maximum Gasteiger partial charge on any atom is 0.166 e. The van der Waals surface area contributed by atoms with Crippen LogP contribution >= 0.6 is 0 Å². The van der Waals surface area contributed by atoms with Gasteiger partial charge in [-0.05, 0) is 99.2 Å². The van der Waals surface area contributed by atoms with Crippen LogP contribution in [0.25, 0.3) is 6.08 Å². The van der Waals surface area contributed by atoms with Gasteiger partial charge in [0.1, 0.15) is 11.6 Å². The lowest BCUT2D eigenvalue weighted by Crippen LogP contribution is -2.17. The van der Waals surface area contributed by atoms with Gasteiger partial charge in [0.25, 0.3) is 0 Å². The molecule has 0 amide bonds. The summed E-state index contributed by atoms with van der Waals surface area (Å²) >= 11 is 0. The van der Waals surface area contributed by atoms with Crippen LogP contribution in [-0.2, 0) is 0 Å². The molecule has 2 aliphatic carbocycles. The van der Waals surface area contributed by atoms with Crippen LogP contribution in [0.1, 0.15) is 86.8 Å². The largest absolute Gasteiger partial charge is 0.494 e. The zero-order valence-corrected chi connectivity index (χ0v) is 19.9. The molecule has 0 bridgehead atoms. The zero-order valence-electron chi connectivity index (χ0n) is 19.9. The number of hydrogen-bond acceptors (Lipinski definition) is 2. The molecule has 2 fully saturated rings. The molecule has 0 radical (unpaired) electrons. The summed E-state index contributed by atoms with van der Waals surface area (Å²) in [6.45, 7) is 2.55. The van der Waals surface area contributed by atoms with Gasteiger partial charge < -0.3 is 9.84 Å². The van der Waals surface area contributed by atoms with Crippen molar-refractivity contribution >= 4 is 6.08 Å². The Morgan fingerprint density at radius 3 is 2.15 bits per heavy atom.